The third kappa shape index (κ3) is 3.35. The van der Waals surface area contributed by atoms with Crippen molar-refractivity contribution < 1.29 is 18.9 Å². The van der Waals surface area contributed by atoms with Crippen molar-refractivity contribution in [2.24, 2.45) is 0 Å². The SMILES string of the molecule is C#CCN1C(=O)S/C(=C/c2ccc(-c3ccc(Cl)cc3[N+](=O)[O-])o2)C1=O. The molecule has 26 heavy (non-hydrogen) atoms. The highest BCUT2D eigenvalue weighted by molar-refractivity contribution is 8.18. The number of carbonyl (C=O) groups excluding carboxylic acids is 2. The summed E-state index contributed by atoms with van der Waals surface area (Å²) in [6.45, 7) is -0.109. The first-order valence-electron chi connectivity index (χ1n) is 7.13. The summed E-state index contributed by atoms with van der Waals surface area (Å²) in [5.41, 5.74) is 0.0484. The van der Waals surface area contributed by atoms with E-state index in [4.69, 9.17) is 22.4 Å². The summed E-state index contributed by atoms with van der Waals surface area (Å²) >= 11 is 6.55. The molecule has 0 unspecified atom stereocenters. The molecule has 0 radical (unpaired) electrons. The topological polar surface area (TPSA) is 93.7 Å². The molecule has 1 saturated heterocycles. The zero-order valence-corrected chi connectivity index (χ0v) is 14.5. The van der Waals surface area contributed by atoms with E-state index >= 15 is 0 Å². The lowest BCUT2D eigenvalue weighted by Crippen LogP contribution is -2.28. The molecule has 2 aromatic rings. The average Bonchev–Trinajstić information content (AvgIpc) is 3.15. The maximum atomic E-state index is 12.1. The van der Waals surface area contributed by atoms with E-state index in [1.807, 2.05) is 0 Å². The van der Waals surface area contributed by atoms with Gasteiger partial charge in [0.05, 0.1) is 21.9 Å². The summed E-state index contributed by atoms with van der Waals surface area (Å²) in [7, 11) is 0. The number of nitro groups is 1. The minimum Gasteiger partial charge on any atom is -0.456 e. The fourth-order valence-electron chi connectivity index (χ4n) is 2.30. The van der Waals surface area contributed by atoms with Gasteiger partial charge < -0.3 is 4.42 Å². The Labute approximate surface area is 156 Å². The molecule has 1 aliphatic rings. The highest BCUT2D eigenvalue weighted by atomic mass is 35.5. The molecular formula is C17H9ClN2O5S. The summed E-state index contributed by atoms with van der Waals surface area (Å²) in [6.07, 6.45) is 6.54. The number of nitro benzene ring substituents is 1. The normalized spacial score (nSPS) is 15.5. The van der Waals surface area contributed by atoms with Crippen LogP contribution in [0.1, 0.15) is 5.76 Å². The largest absolute Gasteiger partial charge is 0.456 e. The number of nitrogens with zero attached hydrogens (tertiary/aromatic N) is 2. The van der Waals surface area contributed by atoms with Gasteiger partial charge in [-0.15, -0.1) is 6.42 Å². The van der Waals surface area contributed by atoms with E-state index in [0.29, 0.717) is 0 Å². The van der Waals surface area contributed by atoms with E-state index in [1.54, 1.807) is 6.07 Å². The molecule has 1 aromatic heterocycles. The van der Waals surface area contributed by atoms with Crippen molar-refractivity contribution in [3.8, 4) is 23.7 Å². The Morgan fingerprint density at radius 2 is 2.12 bits per heavy atom. The van der Waals surface area contributed by atoms with Gasteiger partial charge in [0.25, 0.3) is 16.8 Å². The fourth-order valence-corrected chi connectivity index (χ4v) is 3.28. The second-order valence-corrected chi connectivity index (χ2v) is 6.52. The lowest BCUT2D eigenvalue weighted by molar-refractivity contribution is -0.384. The third-order valence-corrected chi connectivity index (χ3v) is 4.59. The first kappa shape index (κ1) is 17.8. The number of imide groups is 1. The minimum absolute atomic E-state index is 0.109. The van der Waals surface area contributed by atoms with Crippen LogP contribution in [0.25, 0.3) is 17.4 Å². The molecular weight excluding hydrogens is 380 g/mol. The van der Waals surface area contributed by atoms with Gasteiger partial charge in [0.2, 0.25) is 0 Å². The average molecular weight is 389 g/mol. The van der Waals surface area contributed by atoms with Crippen LogP contribution in [0.2, 0.25) is 5.02 Å². The monoisotopic (exact) mass is 388 g/mol. The number of carbonyl (C=O) groups is 2. The molecule has 130 valence electrons. The molecule has 1 aliphatic heterocycles. The number of hydrogen-bond acceptors (Lipinski definition) is 6. The van der Waals surface area contributed by atoms with Crippen molar-refractivity contribution in [3.63, 3.8) is 0 Å². The van der Waals surface area contributed by atoms with Crippen molar-refractivity contribution in [2.45, 2.75) is 0 Å². The molecule has 3 rings (SSSR count). The van der Waals surface area contributed by atoms with Crippen molar-refractivity contribution in [2.75, 3.05) is 6.54 Å². The van der Waals surface area contributed by atoms with E-state index in [-0.39, 0.29) is 39.2 Å². The quantitative estimate of drug-likeness (QED) is 0.337. The molecule has 1 aromatic carbocycles. The lowest BCUT2D eigenvalue weighted by Gasteiger charge is -2.06. The predicted molar refractivity (Wildman–Crippen MR) is 97.3 cm³/mol. The van der Waals surface area contributed by atoms with Crippen LogP contribution in [0.15, 0.2) is 39.7 Å². The molecule has 7 nitrogen and oxygen atoms in total. The van der Waals surface area contributed by atoms with Crippen LogP contribution in [0.4, 0.5) is 10.5 Å². The van der Waals surface area contributed by atoms with Crippen molar-refractivity contribution >= 4 is 46.3 Å². The van der Waals surface area contributed by atoms with Gasteiger partial charge in [0.1, 0.15) is 11.5 Å². The smallest absolute Gasteiger partial charge is 0.294 e. The van der Waals surface area contributed by atoms with Crippen LogP contribution < -0.4 is 0 Å². The molecule has 0 bridgehead atoms. The van der Waals surface area contributed by atoms with Crippen LogP contribution in [0.5, 0.6) is 0 Å². The van der Waals surface area contributed by atoms with Gasteiger partial charge in [-0.2, -0.15) is 0 Å². The Morgan fingerprint density at radius 3 is 2.81 bits per heavy atom. The second kappa shape index (κ2) is 7.07. The van der Waals surface area contributed by atoms with Crippen LogP contribution in [-0.4, -0.2) is 27.5 Å². The Balaban J connectivity index is 1.93. The van der Waals surface area contributed by atoms with Gasteiger partial charge in [-0.1, -0.05) is 17.5 Å². The fraction of sp³-hybridized carbons (Fsp3) is 0.0588. The zero-order valence-electron chi connectivity index (χ0n) is 13.0. The second-order valence-electron chi connectivity index (χ2n) is 5.09. The molecule has 0 spiro atoms. The van der Waals surface area contributed by atoms with Gasteiger partial charge in [-0.3, -0.25) is 24.6 Å². The van der Waals surface area contributed by atoms with Crippen LogP contribution in [0, 0.1) is 22.5 Å². The van der Waals surface area contributed by atoms with Gasteiger partial charge in [0, 0.05) is 17.2 Å². The van der Waals surface area contributed by atoms with E-state index in [1.165, 1.54) is 30.3 Å². The minimum atomic E-state index is -0.561. The number of benzene rings is 1. The molecule has 1 fully saturated rings. The highest BCUT2D eigenvalue weighted by Gasteiger charge is 2.34. The predicted octanol–water partition coefficient (Wildman–Crippen LogP) is 4.18. The van der Waals surface area contributed by atoms with E-state index in [0.717, 1.165) is 16.7 Å². The zero-order chi connectivity index (χ0) is 18.8. The number of hydrogen-bond donors (Lipinski definition) is 0. The van der Waals surface area contributed by atoms with E-state index < -0.39 is 16.1 Å². The molecule has 0 N–H and O–H groups in total. The summed E-state index contributed by atoms with van der Waals surface area (Å²) < 4.78 is 5.58. The molecule has 0 aliphatic carbocycles. The third-order valence-electron chi connectivity index (χ3n) is 3.45. The maximum absolute atomic E-state index is 12.1. The molecule has 0 saturated carbocycles. The first-order valence-corrected chi connectivity index (χ1v) is 8.33. The van der Waals surface area contributed by atoms with E-state index in [9.17, 15) is 19.7 Å². The standard InChI is InChI=1S/C17H9ClN2O5S/c1-2-7-19-16(21)15(26-17(19)22)9-11-4-6-14(25-11)12-5-3-10(18)8-13(12)20(23)24/h1,3-6,8-9H,7H2/b15-9+. The van der Waals surface area contributed by atoms with Crippen LogP contribution in [-0.2, 0) is 4.79 Å². The molecule has 2 amide bonds. The van der Waals surface area contributed by atoms with Gasteiger partial charge >= 0.3 is 0 Å². The van der Waals surface area contributed by atoms with Crippen molar-refractivity contribution in [1.82, 2.24) is 4.90 Å². The first-order chi connectivity index (χ1) is 12.4. The highest BCUT2D eigenvalue weighted by Crippen LogP contribution is 2.36. The maximum Gasteiger partial charge on any atom is 0.294 e. The molecule has 9 heteroatoms. The Morgan fingerprint density at radius 1 is 1.35 bits per heavy atom. The molecule has 0 atom stereocenters. The summed E-state index contributed by atoms with van der Waals surface area (Å²) in [5, 5.41) is 11.0. The number of amides is 2. The Bertz CT molecular complexity index is 1000. The molecule has 2 heterocycles. The van der Waals surface area contributed by atoms with E-state index in [2.05, 4.69) is 5.92 Å². The summed E-state index contributed by atoms with van der Waals surface area (Å²) in [6, 6.07) is 7.29. The number of terminal acetylenes is 1. The number of furan rings is 1. The van der Waals surface area contributed by atoms with Gasteiger partial charge in [0.15, 0.2) is 0 Å². The van der Waals surface area contributed by atoms with Gasteiger partial charge in [-0.25, -0.2) is 0 Å². The summed E-state index contributed by atoms with van der Waals surface area (Å²) in [4.78, 5) is 35.7. The van der Waals surface area contributed by atoms with Crippen LogP contribution >= 0.6 is 23.4 Å². The van der Waals surface area contributed by atoms with Gasteiger partial charge in [-0.05, 0) is 36.0 Å². The number of thioether (sulfide) groups is 1. The number of rotatable bonds is 4. The van der Waals surface area contributed by atoms with Crippen molar-refractivity contribution in [1.29, 1.82) is 0 Å². The Hall–Kier alpha value is -3.02. The lowest BCUT2D eigenvalue weighted by atomic mass is 10.1. The van der Waals surface area contributed by atoms with Crippen molar-refractivity contribution in [3.05, 3.63) is 56.1 Å². The summed E-state index contributed by atoms with van der Waals surface area (Å²) in [5.74, 6) is 2.25. The Kier molecular flexibility index (Phi) is 4.84. The van der Waals surface area contributed by atoms with Crippen LogP contribution in [0.3, 0.4) is 0 Å². The number of halogens is 1.